The zero-order valence-electron chi connectivity index (χ0n) is 10.8. The molecule has 1 aromatic carbocycles. The van der Waals surface area contributed by atoms with Crippen molar-refractivity contribution in [1.29, 1.82) is 0 Å². The molecule has 112 valence electrons. The number of nitrogens with two attached hydrogens (primary N) is 1. The van der Waals surface area contributed by atoms with Crippen LogP contribution in [0.5, 0.6) is 5.75 Å². The van der Waals surface area contributed by atoms with Gasteiger partial charge >= 0.3 is 5.69 Å². The van der Waals surface area contributed by atoms with Crippen molar-refractivity contribution in [2.45, 2.75) is 17.9 Å². The van der Waals surface area contributed by atoms with Crippen LogP contribution >= 0.6 is 0 Å². The summed E-state index contributed by atoms with van der Waals surface area (Å²) in [5.74, 6) is -1.76. The Bertz CT molecular complexity index is 620. The van der Waals surface area contributed by atoms with Crippen molar-refractivity contribution in [2.75, 3.05) is 13.7 Å². The highest BCUT2D eigenvalue weighted by Gasteiger charge is 2.26. The van der Waals surface area contributed by atoms with Crippen LogP contribution in [-0.2, 0) is 10.0 Å². The molecule has 20 heavy (non-hydrogen) atoms. The summed E-state index contributed by atoms with van der Waals surface area (Å²) in [5, 5.41) is 10.8. The van der Waals surface area contributed by atoms with Crippen LogP contribution in [0.1, 0.15) is 6.92 Å². The molecule has 10 heteroatoms. The van der Waals surface area contributed by atoms with E-state index in [0.29, 0.717) is 6.07 Å². The fourth-order valence-corrected chi connectivity index (χ4v) is 2.72. The van der Waals surface area contributed by atoms with E-state index in [1.165, 1.54) is 6.92 Å². The highest BCUT2D eigenvalue weighted by molar-refractivity contribution is 7.89. The minimum Gasteiger partial charge on any atom is -0.488 e. The van der Waals surface area contributed by atoms with Crippen LogP contribution in [0, 0.1) is 15.9 Å². The summed E-state index contributed by atoms with van der Waals surface area (Å²) >= 11 is 0. The molecular weight excluding hydrogens is 293 g/mol. The second-order valence-corrected chi connectivity index (χ2v) is 5.69. The van der Waals surface area contributed by atoms with Crippen LogP contribution in [0.2, 0.25) is 0 Å². The van der Waals surface area contributed by atoms with E-state index in [2.05, 4.69) is 9.46 Å². The zero-order valence-corrected chi connectivity index (χ0v) is 11.6. The van der Waals surface area contributed by atoms with Gasteiger partial charge in [0.1, 0.15) is 0 Å². The Kier molecular flexibility index (Phi) is 4.98. The molecule has 0 aliphatic carbocycles. The van der Waals surface area contributed by atoms with E-state index in [1.54, 1.807) is 0 Å². The van der Waals surface area contributed by atoms with Gasteiger partial charge in [-0.15, -0.1) is 0 Å². The van der Waals surface area contributed by atoms with Gasteiger partial charge in [0, 0.05) is 18.7 Å². The summed E-state index contributed by atoms with van der Waals surface area (Å²) in [6, 6.07) is 0.787. The third kappa shape index (κ3) is 3.40. The molecule has 1 aromatic rings. The van der Waals surface area contributed by atoms with Gasteiger partial charge in [0.15, 0.2) is 5.82 Å². The Morgan fingerprint density at radius 1 is 1.55 bits per heavy atom. The highest BCUT2D eigenvalue weighted by atomic mass is 32.2. The number of methoxy groups -OCH3 is 1. The summed E-state index contributed by atoms with van der Waals surface area (Å²) in [4.78, 5) is 9.32. The summed E-state index contributed by atoms with van der Waals surface area (Å²) in [7, 11) is -3.06. The molecular formula is C10H14FN3O5S. The number of nitro benzene ring substituents is 1. The van der Waals surface area contributed by atoms with Gasteiger partial charge in [0.25, 0.3) is 0 Å². The quantitative estimate of drug-likeness (QED) is 0.578. The lowest BCUT2D eigenvalue weighted by Crippen LogP contribution is -2.37. The van der Waals surface area contributed by atoms with Gasteiger partial charge in [-0.2, -0.15) is 0 Å². The average Bonchev–Trinajstić information content (AvgIpc) is 2.36. The molecule has 0 unspecified atom stereocenters. The molecule has 0 saturated heterocycles. The Morgan fingerprint density at radius 2 is 2.15 bits per heavy atom. The van der Waals surface area contributed by atoms with E-state index in [4.69, 9.17) is 5.73 Å². The number of halogens is 1. The lowest BCUT2D eigenvalue weighted by atomic mass is 10.3. The number of nitrogens with one attached hydrogen (secondary N) is 1. The zero-order chi connectivity index (χ0) is 15.5. The number of rotatable bonds is 6. The summed E-state index contributed by atoms with van der Waals surface area (Å²) in [6.07, 6.45) is 0. The normalized spacial score (nSPS) is 13.0. The fraction of sp³-hybridized carbons (Fsp3) is 0.400. The molecule has 0 radical (unpaired) electrons. The van der Waals surface area contributed by atoms with E-state index >= 15 is 0 Å². The van der Waals surface area contributed by atoms with Crippen molar-refractivity contribution in [3.05, 3.63) is 28.1 Å². The van der Waals surface area contributed by atoms with Gasteiger partial charge in [-0.05, 0) is 13.0 Å². The Balaban J connectivity index is 3.37. The Hall–Kier alpha value is -1.78. The molecule has 1 atom stereocenters. The highest BCUT2D eigenvalue weighted by Crippen LogP contribution is 2.32. The van der Waals surface area contributed by atoms with E-state index < -0.39 is 43.1 Å². The van der Waals surface area contributed by atoms with Crippen LogP contribution in [0.4, 0.5) is 10.1 Å². The minimum absolute atomic E-state index is 0.0277. The number of sulfonamides is 1. The van der Waals surface area contributed by atoms with Crippen LogP contribution in [0.3, 0.4) is 0 Å². The smallest absolute Gasteiger partial charge is 0.315 e. The first-order chi connectivity index (χ1) is 9.22. The maximum Gasteiger partial charge on any atom is 0.315 e. The van der Waals surface area contributed by atoms with Crippen molar-refractivity contribution >= 4 is 15.7 Å². The molecule has 8 nitrogen and oxygen atoms in total. The second kappa shape index (κ2) is 6.11. The lowest BCUT2D eigenvalue weighted by Gasteiger charge is -2.12. The van der Waals surface area contributed by atoms with E-state index in [-0.39, 0.29) is 6.54 Å². The predicted octanol–water partition coefficient (Wildman–Crippen LogP) is 0.368. The van der Waals surface area contributed by atoms with Crippen molar-refractivity contribution in [3.8, 4) is 5.75 Å². The average molecular weight is 307 g/mol. The van der Waals surface area contributed by atoms with Crippen LogP contribution < -0.4 is 15.2 Å². The first kappa shape index (κ1) is 16.3. The van der Waals surface area contributed by atoms with Gasteiger partial charge in [0.05, 0.1) is 16.9 Å². The molecule has 0 spiro atoms. The van der Waals surface area contributed by atoms with Gasteiger partial charge in [-0.1, -0.05) is 0 Å². The standard InChI is InChI=1S/C10H14FN3O5S/c1-6(5-12)13-20(17,18)7-3-8(11)10(19-2)9(4-7)14(15)16/h3-4,6,13H,5,12H2,1-2H3/t6-/m0/s1. The van der Waals surface area contributed by atoms with Crippen LogP contribution in [0.25, 0.3) is 0 Å². The maximum absolute atomic E-state index is 13.7. The molecule has 0 aliphatic heterocycles. The number of ether oxygens (including phenoxy) is 1. The number of hydrogen-bond acceptors (Lipinski definition) is 6. The number of nitro groups is 1. The SMILES string of the molecule is COc1c(F)cc(S(=O)(=O)N[C@@H](C)CN)cc1[N+](=O)[O-]. The number of nitrogens with zero attached hydrogens (tertiary/aromatic N) is 1. The van der Waals surface area contributed by atoms with Crippen molar-refractivity contribution in [1.82, 2.24) is 4.72 Å². The van der Waals surface area contributed by atoms with E-state index in [9.17, 15) is 22.9 Å². The van der Waals surface area contributed by atoms with Gasteiger partial charge in [-0.3, -0.25) is 10.1 Å². The van der Waals surface area contributed by atoms with Gasteiger partial charge < -0.3 is 10.5 Å². The van der Waals surface area contributed by atoms with Crippen molar-refractivity contribution < 1.29 is 22.5 Å². The summed E-state index contributed by atoms with van der Waals surface area (Å²) in [5.41, 5.74) is 4.51. The molecule has 0 fully saturated rings. The second-order valence-electron chi connectivity index (χ2n) is 3.97. The van der Waals surface area contributed by atoms with Crippen molar-refractivity contribution in [3.63, 3.8) is 0 Å². The fourth-order valence-electron chi connectivity index (χ4n) is 1.43. The first-order valence-electron chi connectivity index (χ1n) is 5.47. The molecule has 3 N–H and O–H groups in total. The Morgan fingerprint density at radius 3 is 2.60 bits per heavy atom. The topological polar surface area (TPSA) is 125 Å². The molecule has 0 saturated carbocycles. The number of hydrogen-bond donors (Lipinski definition) is 2. The van der Waals surface area contributed by atoms with E-state index in [0.717, 1.165) is 13.2 Å². The van der Waals surface area contributed by atoms with Crippen LogP contribution in [-0.4, -0.2) is 33.0 Å². The minimum atomic E-state index is -4.11. The Labute approximate surface area is 114 Å². The summed E-state index contributed by atoms with van der Waals surface area (Å²) in [6.45, 7) is 1.53. The molecule has 0 heterocycles. The molecule has 0 amide bonds. The van der Waals surface area contributed by atoms with E-state index in [1.807, 2.05) is 0 Å². The van der Waals surface area contributed by atoms with Crippen LogP contribution in [0.15, 0.2) is 17.0 Å². The monoisotopic (exact) mass is 307 g/mol. The van der Waals surface area contributed by atoms with Crippen molar-refractivity contribution in [2.24, 2.45) is 5.73 Å². The lowest BCUT2D eigenvalue weighted by molar-refractivity contribution is -0.386. The third-order valence-electron chi connectivity index (χ3n) is 2.42. The van der Waals surface area contributed by atoms with Gasteiger partial charge in [0.2, 0.25) is 15.8 Å². The third-order valence-corrected chi connectivity index (χ3v) is 3.99. The number of benzene rings is 1. The maximum atomic E-state index is 13.7. The summed E-state index contributed by atoms with van der Waals surface area (Å²) < 4.78 is 44.3. The first-order valence-corrected chi connectivity index (χ1v) is 6.95. The molecule has 0 aliphatic rings. The van der Waals surface area contributed by atoms with Gasteiger partial charge in [-0.25, -0.2) is 17.5 Å². The molecule has 0 bridgehead atoms. The predicted molar refractivity (Wildman–Crippen MR) is 68.4 cm³/mol. The largest absolute Gasteiger partial charge is 0.488 e. The molecule has 0 aromatic heterocycles. The molecule has 1 rings (SSSR count).